The normalized spacial score (nSPS) is 17.3. The highest BCUT2D eigenvalue weighted by atomic mass is 32.2. The zero-order chi connectivity index (χ0) is 20.4. The third-order valence-electron chi connectivity index (χ3n) is 4.37. The van der Waals surface area contributed by atoms with Crippen molar-refractivity contribution in [1.29, 1.82) is 0 Å². The molecule has 0 amide bonds. The van der Waals surface area contributed by atoms with Crippen LogP contribution in [0.1, 0.15) is 25.0 Å². The van der Waals surface area contributed by atoms with Crippen molar-refractivity contribution < 1.29 is 17.9 Å². The first kappa shape index (κ1) is 22.6. The van der Waals surface area contributed by atoms with E-state index in [2.05, 4.69) is 15.6 Å². The Balaban J connectivity index is 2.11. The van der Waals surface area contributed by atoms with Gasteiger partial charge >= 0.3 is 0 Å². The molecule has 0 aliphatic carbocycles. The Morgan fingerprint density at radius 1 is 1.29 bits per heavy atom. The molecule has 28 heavy (non-hydrogen) atoms. The molecule has 1 aliphatic rings. The highest BCUT2D eigenvalue weighted by Gasteiger charge is 2.25. The number of guanidine groups is 1. The standard InChI is InChI=1S/C19H32N4O4S/c1-4-20-19(22-16(2)14-26-3)21-13-17-7-5-6-8-18(17)15-28(24,25)23-9-11-27-12-10-23/h5-8,16H,4,9-15H2,1-3H3,(H2,20,21,22). The van der Waals surface area contributed by atoms with Gasteiger partial charge < -0.3 is 20.1 Å². The molecule has 1 aromatic rings. The van der Waals surface area contributed by atoms with Crippen molar-refractivity contribution in [2.24, 2.45) is 4.99 Å². The molecular formula is C19H32N4O4S. The van der Waals surface area contributed by atoms with Crippen molar-refractivity contribution in [1.82, 2.24) is 14.9 Å². The van der Waals surface area contributed by atoms with Crippen LogP contribution in [-0.4, -0.2) is 71.3 Å². The number of morpholine rings is 1. The maximum absolute atomic E-state index is 12.8. The van der Waals surface area contributed by atoms with E-state index in [0.717, 1.165) is 17.7 Å². The van der Waals surface area contributed by atoms with Gasteiger partial charge in [0.25, 0.3) is 0 Å². The zero-order valence-corrected chi connectivity index (χ0v) is 17.8. The first-order chi connectivity index (χ1) is 13.5. The molecule has 2 rings (SSSR count). The van der Waals surface area contributed by atoms with Crippen molar-refractivity contribution in [3.63, 3.8) is 0 Å². The van der Waals surface area contributed by atoms with Crippen LogP contribution >= 0.6 is 0 Å². The molecule has 1 aromatic carbocycles. The molecular weight excluding hydrogens is 380 g/mol. The summed E-state index contributed by atoms with van der Waals surface area (Å²) < 4.78 is 37.4. The molecule has 0 bridgehead atoms. The molecule has 1 atom stereocenters. The average Bonchev–Trinajstić information content (AvgIpc) is 2.68. The number of nitrogens with zero attached hydrogens (tertiary/aromatic N) is 2. The summed E-state index contributed by atoms with van der Waals surface area (Å²) in [5.74, 6) is 0.654. The summed E-state index contributed by atoms with van der Waals surface area (Å²) >= 11 is 0. The Morgan fingerprint density at radius 3 is 2.61 bits per heavy atom. The van der Waals surface area contributed by atoms with E-state index in [1.165, 1.54) is 4.31 Å². The Kier molecular flexibility index (Phi) is 9.17. The van der Waals surface area contributed by atoms with Gasteiger partial charge in [-0.1, -0.05) is 24.3 Å². The third-order valence-corrected chi connectivity index (χ3v) is 6.20. The lowest BCUT2D eigenvalue weighted by molar-refractivity contribution is 0.0729. The van der Waals surface area contributed by atoms with Crippen LogP contribution in [0, 0.1) is 0 Å². The Morgan fingerprint density at radius 2 is 1.96 bits per heavy atom. The van der Waals surface area contributed by atoms with Gasteiger partial charge in [0.05, 0.1) is 32.1 Å². The summed E-state index contributed by atoms with van der Waals surface area (Å²) in [6, 6.07) is 7.66. The molecule has 158 valence electrons. The van der Waals surface area contributed by atoms with Crippen molar-refractivity contribution in [2.45, 2.75) is 32.2 Å². The van der Waals surface area contributed by atoms with Crippen LogP contribution in [0.2, 0.25) is 0 Å². The molecule has 0 spiro atoms. The number of hydrogen-bond donors (Lipinski definition) is 2. The average molecular weight is 413 g/mol. The topological polar surface area (TPSA) is 92.3 Å². The van der Waals surface area contributed by atoms with Crippen LogP contribution in [-0.2, 0) is 31.8 Å². The van der Waals surface area contributed by atoms with Crippen LogP contribution < -0.4 is 10.6 Å². The van der Waals surface area contributed by atoms with Gasteiger partial charge in [-0.2, -0.15) is 4.31 Å². The molecule has 0 saturated carbocycles. The lowest BCUT2D eigenvalue weighted by Gasteiger charge is -2.26. The predicted octanol–water partition coefficient (Wildman–Crippen LogP) is 0.939. The van der Waals surface area contributed by atoms with Gasteiger partial charge in [-0.3, -0.25) is 0 Å². The van der Waals surface area contributed by atoms with Gasteiger partial charge in [-0.15, -0.1) is 0 Å². The Labute approximate surface area is 168 Å². The summed E-state index contributed by atoms with van der Waals surface area (Å²) in [6.45, 7) is 7.43. The van der Waals surface area contributed by atoms with Crippen LogP contribution in [0.5, 0.6) is 0 Å². The molecule has 1 fully saturated rings. The van der Waals surface area contributed by atoms with Crippen LogP contribution in [0.4, 0.5) is 0 Å². The minimum absolute atomic E-state index is 0.0251. The van der Waals surface area contributed by atoms with Gasteiger partial charge in [0.1, 0.15) is 0 Å². The van der Waals surface area contributed by atoms with Crippen LogP contribution in [0.3, 0.4) is 0 Å². The summed E-state index contributed by atoms with van der Waals surface area (Å²) in [4.78, 5) is 4.62. The van der Waals surface area contributed by atoms with Crippen LogP contribution in [0.25, 0.3) is 0 Å². The number of hydrogen-bond acceptors (Lipinski definition) is 5. The fourth-order valence-corrected chi connectivity index (χ4v) is 4.54. The monoisotopic (exact) mass is 412 g/mol. The number of rotatable bonds is 9. The number of nitrogens with one attached hydrogen (secondary N) is 2. The second-order valence-electron chi connectivity index (χ2n) is 6.73. The number of benzene rings is 1. The van der Waals surface area contributed by atoms with Crippen molar-refractivity contribution >= 4 is 16.0 Å². The van der Waals surface area contributed by atoms with Crippen LogP contribution in [0.15, 0.2) is 29.3 Å². The molecule has 0 aromatic heterocycles. The maximum atomic E-state index is 12.8. The Hall–Kier alpha value is -1.68. The molecule has 2 N–H and O–H groups in total. The minimum Gasteiger partial charge on any atom is -0.383 e. The van der Waals surface area contributed by atoms with Crippen molar-refractivity contribution in [3.05, 3.63) is 35.4 Å². The summed E-state index contributed by atoms with van der Waals surface area (Å²) in [5.41, 5.74) is 1.68. The summed E-state index contributed by atoms with van der Waals surface area (Å²) in [6.07, 6.45) is 0. The number of sulfonamides is 1. The quantitative estimate of drug-likeness (QED) is 0.463. The third kappa shape index (κ3) is 7.05. The van der Waals surface area contributed by atoms with E-state index in [1.54, 1.807) is 7.11 Å². The second-order valence-corrected chi connectivity index (χ2v) is 8.70. The van der Waals surface area contributed by atoms with Gasteiger partial charge in [0.2, 0.25) is 10.0 Å². The number of aliphatic imine (C=N–C) groups is 1. The fraction of sp³-hybridized carbons (Fsp3) is 0.632. The van der Waals surface area contributed by atoms with Gasteiger partial charge in [-0.05, 0) is 25.0 Å². The molecule has 1 aliphatic heterocycles. The fourth-order valence-electron chi connectivity index (χ4n) is 2.97. The van der Waals surface area contributed by atoms with E-state index >= 15 is 0 Å². The Bertz CT molecular complexity index is 733. The first-order valence-corrected chi connectivity index (χ1v) is 11.2. The summed E-state index contributed by atoms with van der Waals surface area (Å²) in [7, 11) is -1.72. The summed E-state index contributed by atoms with van der Waals surface area (Å²) in [5, 5.41) is 6.49. The number of ether oxygens (including phenoxy) is 2. The zero-order valence-electron chi connectivity index (χ0n) is 17.0. The van der Waals surface area contributed by atoms with Crippen molar-refractivity contribution in [3.8, 4) is 0 Å². The highest BCUT2D eigenvalue weighted by molar-refractivity contribution is 7.88. The van der Waals surface area contributed by atoms with E-state index in [1.807, 2.05) is 38.1 Å². The maximum Gasteiger partial charge on any atom is 0.218 e. The van der Waals surface area contributed by atoms with E-state index in [9.17, 15) is 8.42 Å². The number of methoxy groups -OCH3 is 1. The van der Waals surface area contributed by atoms with Crippen molar-refractivity contribution in [2.75, 3.05) is 46.6 Å². The lowest BCUT2D eigenvalue weighted by Crippen LogP contribution is -2.44. The molecule has 0 radical (unpaired) electrons. The second kappa shape index (κ2) is 11.4. The highest BCUT2D eigenvalue weighted by Crippen LogP contribution is 2.17. The minimum atomic E-state index is -3.38. The SMILES string of the molecule is CCNC(=NCc1ccccc1CS(=O)(=O)N1CCOCC1)NC(C)COC. The molecule has 8 nitrogen and oxygen atoms in total. The molecule has 9 heteroatoms. The molecule has 1 unspecified atom stereocenters. The van der Waals surface area contributed by atoms with Gasteiger partial charge in [-0.25, -0.2) is 13.4 Å². The van der Waals surface area contributed by atoms with E-state index < -0.39 is 10.0 Å². The van der Waals surface area contributed by atoms with Gasteiger partial charge in [0.15, 0.2) is 5.96 Å². The lowest BCUT2D eigenvalue weighted by atomic mass is 10.1. The molecule has 1 saturated heterocycles. The van der Waals surface area contributed by atoms with E-state index in [-0.39, 0.29) is 11.8 Å². The smallest absolute Gasteiger partial charge is 0.218 e. The first-order valence-electron chi connectivity index (χ1n) is 9.62. The van der Waals surface area contributed by atoms with E-state index in [4.69, 9.17) is 9.47 Å². The largest absolute Gasteiger partial charge is 0.383 e. The van der Waals surface area contributed by atoms with E-state index in [0.29, 0.717) is 45.4 Å². The predicted molar refractivity (Wildman–Crippen MR) is 111 cm³/mol. The van der Waals surface area contributed by atoms with Gasteiger partial charge in [0, 0.05) is 32.8 Å². The molecule has 1 heterocycles.